The van der Waals surface area contributed by atoms with E-state index in [1.165, 1.54) is 11.3 Å². The third-order valence-corrected chi connectivity index (χ3v) is 5.28. The van der Waals surface area contributed by atoms with Crippen LogP contribution in [0.5, 0.6) is 0 Å². The fourth-order valence-electron chi connectivity index (χ4n) is 3.23. The molecule has 2 aromatic heterocycles. The van der Waals surface area contributed by atoms with Crippen molar-refractivity contribution in [2.45, 2.75) is 45.6 Å². The van der Waals surface area contributed by atoms with Crippen molar-refractivity contribution in [3.63, 3.8) is 0 Å². The molecule has 116 valence electrons. The Hall–Kier alpha value is -1.88. The predicted molar refractivity (Wildman–Crippen MR) is 85.9 cm³/mol. The van der Waals surface area contributed by atoms with Crippen LogP contribution in [-0.4, -0.2) is 21.4 Å². The van der Waals surface area contributed by atoms with Crippen molar-refractivity contribution in [3.8, 4) is 0 Å². The summed E-state index contributed by atoms with van der Waals surface area (Å²) < 4.78 is 1.94. The molecule has 1 aliphatic rings. The van der Waals surface area contributed by atoms with Crippen LogP contribution in [-0.2, 0) is 11.3 Å². The molecule has 0 radical (unpaired) electrons. The van der Waals surface area contributed by atoms with Gasteiger partial charge in [-0.2, -0.15) is 0 Å². The Kier molecular flexibility index (Phi) is 3.91. The molecule has 0 aliphatic carbocycles. The molecule has 1 N–H and O–H groups in total. The number of carbonyl (C=O) groups is 2. The Bertz CT molecular complexity index is 741. The van der Waals surface area contributed by atoms with Crippen LogP contribution in [0, 0.1) is 13.8 Å². The molecule has 2 aromatic rings. The normalized spacial score (nSPS) is 17.8. The topological polar surface area (TPSA) is 59.3 Å². The van der Waals surface area contributed by atoms with Gasteiger partial charge in [0.25, 0.3) is 0 Å². The number of fused-ring (bicyclic) bond motifs is 1. The highest BCUT2D eigenvalue weighted by atomic mass is 32.1. The monoisotopic (exact) mass is 317 g/mol. The molecule has 0 bridgehead atoms. The molecule has 22 heavy (non-hydrogen) atoms. The molecule has 0 amide bonds. The van der Waals surface area contributed by atoms with E-state index in [0.29, 0.717) is 12.1 Å². The van der Waals surface area contributed by atoms with Gasteiger partial charge in [0.15, 0.2) is 0 Å². The van der Waals surface area contributed by atoms with E-state index in [-0.39, 0.29) is 5.78 Å². The van der Waals surface area contributed by atoms with Crippen molar-refractivity contribution in [2.75, 3.05) is 0 Å². The highest BCUT2D eigenvalue weighted by Gasteiger charge is 2.30. The summed E-state index contributed by atoms with van der Waals surface area (Å²) in [5.41, 5.74) is 2.31. The molecule has 1 aliphatic heterocycles. The van der Waals surface area contributed by atoms with E-state index in [9.17, 15) is 14.7 Å². The summed E-state index contributed by atoms with van der Waals surface area (Å²) in [5, 5.41) is 9.47. The quantitative estimate of drug-likeness (QED) is 0.877. The maximum Gasteiger partial charge on any atom is 0.312 e. The average Bonchev–Trinajstić information content (AvgIpc) is 2.96. The van der Waals surface area contributed by atoms with Gasteiger partial charge in [0, 0.05) is 17.1 Å². The van der Waals surface area contributed by atoms with Gasteiger partial charge in [-0.1, -0.05) is 6.42 Å². The average molecular weight is 317 g/mol. The Morgan fingerprint density at radius 3 is 2.68 bits per heavy atom. The maximum absolute atomic E-state index is 12.8. The second-order valence-corrected chi connectivity index (χ2v) is 7.17. The number of hydrogen-bond donors (Lipinski definition) is 1. The van der Waals surface area contributed by atoms with Crippen LogP contribution < -0.4 is 0 Å². The molecule has 0 fully saturated rings. The standard InChI is InChI=1S/C17H19NO3S/c1-10-9-13-12(17(20)21)5-3-4-8-18(13)15(10)16(19)14-7-6-11(2)22-14/h6-7,9,12H,3-5,8H2,1-2H3,(H,20,21). The number of carboxylic acid groups (broad SMARTS) is 1. The van der Waals surface area contributed by atoms with Gasteiger partial charge in [0.05, 0.1) is 16.5 Å². The van der Waals surface area contributed by atoms with Crippen molar-refractivity contribution in [3.05, 3.63) is 44.9 Å². The van der Waals surface area contributed by atoms with Gasteiger partial charge in [-0.15, -0.1) is 11.3 Å². The van der Waals surface area contributed by atoms with Gasteiger partial charge in [0.2, 0.25) is 5.78 Å². The summed E-state index contributed by atoms with van der Waals surface area (Å²) in [6, 6.07) is 5.68. The molecule has 0 saturated carbocycles. The lowest BCUT2D eigenvalue weighted by Crippen LogP contribution is -2.16. The van der Waals surface area contributed by atoms with E-state index in [1.807, 2.05) is 36.6 Å². The highest BCUT2D eigenvalue weighted by molar-refractivity contribution is 7.14. The van der Waals surface area contributed by atoms with Crippen molar-refractivity contribution in [2.24, 2.45) is 0 Å². The van der Waals surface area contributed by atoms with Crippen LogP contribution in [0.2, 0.25) is 0 Å². The molecule has 1 atom stereocenters. The SMILES string of the molecule is Cc1ccc(C(=O)c2c(C)cc3n2CCCCC3C(=O)O)s1. The molecule has 4 nitrogen and oxygen atoms in total. The zero-order valence-electron chi connectivity index (χ0n) is 12.8. The van der Waals surface area contributed by atoms with Crippen molar-refractivity contribution in [1.29, 1.82) is 0 Å². The Balaban J connectivity index is 2.10. The molecule has 3 heterocycles. The van der Waals surface area contributed by atoms with Gasteiger partial charge in [-0.05, 0) is 50.5 Å². The first-order chi connectivity index (χ1) is 10.5. The van der Waals surface area contributed by atoms with Crippen molar-refractivity contribution >= 4 is 23.1 Å². The molecule has 0 spiro atoms. The number of aryl methyl sites for hydroxylation is 2. The molecular formula is C17H19NO3S. The van der Waals surface area contributed by atoms with E-state index < -0.39 is 11.9 Å². The lowest BCUT2D eigenvalue weighted by molar-refractivity contribution is -0.139. The first kappa shape index (κ1) is 15.0. The van der Waals surface area contributed by atoms with Crippen LogP contribution in [0.1, 0.15) is 56.7 Å². The van der Waals surface area contributed by atoms with Gasteiger partial charge in [-0.25, -0.2) is 0 Å². The maximum atomic E-state index is 12.8. The fourth-order valence-corrected chi connectivity index (χ4v) is 4.04. The van der Waals surface area contributed by atoms with Gasteiger partial charge < -0.3 is 9.67 Å². The lowest BCUT2D eigenvalue weighted by atomic mass is 9.99. The van der Waals surface area contributed by atoms with Crippen molar-refractivity contribution < 1.29 is 14.7 Å². The molecule has 3 rings (SSSR count). The second kappa shape index (κ2) is 5.72. The van der Waals surface area contributed by atoms with Crippen LogP contribution in [0.25, 0.3) is 0 Å². The van der Waals surface area contributed by atoms with E-state index in [1.54, 1.807) is 0 Å². The highest BCUT2D eigenvalue weighted by Crippen LogP contribution is 2.32. The lowest BCUT2D eigenvalue weighted by Gasteiger charge is -2.13. The number of carboxylic acids is 1. The third kappa shape index (κ3) is 2.50. The van der Waals surface area contributed by atoms with Crippen LogP contribution in [0.4, 0.5) is 0 Å². The molecular weight excluding hydrogens is 298 g/mol. The van der Waals surface area contributed by atoms with Gasteiger partial charge in [0.1, 0.15) is 0 Å². The largest absolute Gasteiger partial charge is 0.481 e. The van der Waals surface area contributed by atoms with Gasteiger partial charge >= 0.3 is 5.97 Å². The van der Waals surface area contributed by atoms with Crippen LogP contribution in [0.15, 0.2) is 18.2 Å². The fraction of sp³-hybridized carbons (Fsp3) is 0.412. The first-order valence-corrected chi connectivity index (χ1v) is 8.34. The third-order valence-electron chi connectivity index (χ3n) is 4.28. The van der Waals surface area contributed by atoms with E-state index in [0.717, 1.165) is 40.4 Å². The summed E-state index contributed by atoms with van der Waals surface area (Å²) in [6.07, 6.45) is 2.43. The summed E-state index contributed by atoms with van der Waals surface area (Å²) in [4.78, 5) is 26.2. The summed E-state index contributed by atoms with van der Waals surface area (Å²) in [5.74, 6) is -1.30. The molecule has 0 aromatic carbocycles. The zero-order valence-corrected chi connectivity index (χ0v) is 13.6. The Labute approximate surface area is 133 Å². The predicted octanol–water partition coefficient (Wildman–Crippen LogP) is 3.75. The summed E-state index contributed by atoms with van der Waals surface area (Å²) >= 11 is 1.49. The number of hydrogen-bond acceptors (Lipinski definition) is 3. The minimum absolute atomic E-state index is 0.00730. The van der Waals surface area contributed by atoms with E-state index in [2.05, 4.69) is 0 Å². The number of ketones is 1. The van der Waals surface area contributed by atoms with E-state index in [4.69, 9.17) is 0 Å². The number of thiophene rings is 1. The minimum atomic E-state index is -0.799. The Morgan fingerprint density at radius 1 is 1.27 bits per heavy atom. The Morgan fingerprint density at radius 2 is 2.05 bits per heavy atom. The smallest absolute Gasteiger partial charge is 0.312 e. The molecule has 5 heteroatoms. The van der Waals surface area contributed by atoms with Crippen LogP contribution >= 0.6 is 11.3 Å². The molecule has 0 saturated heterocycles. The minimum Gasteiger partial charge on any atom is -0.481 e. The summed E-state index contributed by atoms with van der Waals surface area (Å²) in [7, 11) is 0. The number of carbonyl (C=O) groups excluding carboxylic acids is 1. The summed E-state index contributed by atoms with van der Waals surface area (Å²) in [6.45, 7) is 4.60. The number of aromatic nitrogens is 1. The molecule has 1 unspecified atom stereocenters. The van der Waals surface area contributed by atoms with Gasteiger partial charge in [-0.3, -0.25) is 9.59 Å². The zero-order chi connectivity index (χ0) is 15.9. The number of nitrogens with zero attached hydrogens (tertiary/aromatic N) is 1. The van der Waals surface area contributed by atoms with Crippen molar-refractivity contribution in [1.82, 2.24) is 4.57 Å². The first-order valence-electron chi connectivity index (χ1n) is 7.53. The second-order valence-electron chi connectivity index (χ2n) is 5.88. The number of rotatable bonds is 3. The van der Waals surface area contributed by atoms with Crippen LogP contribution in [0.3, 0.4) is 0 Å². The van der Waals surface area contributed by atoms with E-state index >= 15 is 0 Å². The number of aliphatic carboxylic acids is 1.